The van der Waals surface area contributed by atoms with E-state index in [1.807, 2.05) is 6.07 Å². The maximum atomic E-state index is 12.5. The second-order valence-electron chi connectivity index (χ2n) is 6.22. The normalized spacial score (nSPS) is 10.4. The van der Waals surface area contributed by atoms with Crippen molar-refractivity contribution in [2.75, 3.05) is 17.8 Å². The molecule has 0 unspecified atom stereocenters. The number of hydrogen-bond acceptors (Lipinski definition) is 7. The number of rotatable bonds is 6. The Morgan fingerprint density at radius 1 is 1.10 bits per heavy atom. The fourth-order valence-corrected chi connectivity index (χ4v) is 2.76. The molecule has 0 spiro atoms. The van der Waals surface area contributed by atoms with Gasteiger partial charge in [-0.1, -0.05) is 18.2 Å². The van der Waals surface area contributed by atoms with E-state index < -0.39 is 18.4 Å². The highest BCUT2D eigenvalue weighted by atomic mass is 16.5. The molecule has 1 aromatic carbocycles. The number of ether oxygens (including phenoxy) is 1. The molecular weight excluding hydrogens is 374 g/mol. The van der Waals surface area contributed by atoms with Crippen molar-refractivity contribution in [3.05, 3.63) is 77.0 Å². The minimum atomic E-state index is -0.838. The molecule has 148 valence electrons. The van der Waals surface area contributed by atoms with Gasteiger partial charge in [-0.2, -0.15) is 0 Å². The first-order valence-electron chi connectivity index (χ1n) is 8.70. The summed E-state index contributed by atoms with van der Waals surface area (Å²) in [6.07, 6.45) is 2.65. The molecule has 0 aliphatic carbocycles. The van der Waals surface area contributed by atoms with Crippen LogP contribution in [0.2, 0.25) is 0 Å². The van der Waals surface area contributed by atoms with Crippen molar-refractivity contribution in [2.24, 2.45) is 0 Å². The summed E-state index contributed by atoms with van der Waals surface area (Å²) < 4.78 is 6.53. The van der Waals surface area contributed by atoms with Gasteiger partial charge in [0.2, 0.25) is 5.78 Å². The zero-order valence-corrected chi connectivity index (χ0v) is 15.9. The van der Waals surface area contributed by atoms with Gasteiger partial charge in [0.15, 0.2) is 18.1 Å². The number of hydrogen-bond donors (Lipinski definition) is 2. The summed E-state index contributed by atoms with van der Waals surface area (Å²) >= 11 is 0. The molecule has 3 rings (SSSR count). The Hall–Kier alpha value is -4.01. The highest BCUT2D eigenvalue weighted by Crippen LogP contribution is 2.15. The summed E-state index contributed by atoms with van der Waals surface area (Å²) in [6, 6.07) is 10.3. The maximum Gasteiger partial charge on any atom is 0.361 e. The van der Waals surface area contributed by atoms with Gasteiger partial charge in [-0.15, -0.1) is 0 Å². The predicted molar refractivity (Wildman–Crippen MR) is 105 cm³/mol. The van der Waals surface area contributed by atoms with Gasteiger partial charge in [-0.05, 0) is 32.0 Å². The van der Waals surface area contributed by atoms with Crippen LogP contribution in [0.5, 0.6) is 0 Å². The number of carbonyl (C=O) groups is 3. The Morgan fingerprint density at radius 2 is 1.79 bits per heavy atom. The molecule has 0 saturated carbocycles. The third-order valence-electron chi connectivity index (χ3n) is 4.24. The first kappa shape index (κ1) is 19.7. The van der Waals surface area contributed by atoms with E-state index in [1.165, 1.54) is 17.1 Å². The van der Waals surface area contributed by atoms with Crippen LogP contribution in [0.1, 0.15) is 42.6 Å². The van der Waals surface area contributed by atoms with Crippen molar-refractivity contribution in [3.8, 4) is 0 Å². The lowest BCUT2D eigenvalue weighted by Gasteiger charge is -2.11. The van der Waals surface area contributed by atoms with E-state index in [1.54, 1.807) is 44.2 Å². The maximum absolute atomic E-state index is 12.5. The van der Waals surface area contributed by atoms with Gasteiger partial charge < -0.3 is 10.5 Å². The van der Waals surface area contributed by atoms with Crippen LogP contribution in [-0.2, 0) is 4.74 Å². The molecule has 0 fully saturated rings. The van der Waals surface area contributed by atoms with Crippen molar-refractivity contribution < 1.29 is 19.1 Å². The largest absolute Gasteiger partial charge is 0.452 e. The molecule has 1 amide bonds. The Balaban J connectivity index is 1.70. The zero-order valence-electron chi connectivity index (χ0n) is 15.9. The van der Waals surface area contributed by atoms with E-state index in [-0.39, 0.29) is 17.4 Å². The molecule has 0 radical (unpaired) electrons. The molecule has 3 aromatic rings. The minimum Gasteiger partial charge on any atom is -0.452 e. The van der Waals surface area contributed by atoms with Crippen molar-refractivity contribution in [1.82, 2.24) is 14.6 Å². The van der Waals surface area contributed by atoms with Gasteiger partial charge >= 0.3 is 5.97 Å². The van der Waals surface area contributed by atoms with Crippen LogP contribution in [0, 0.1) is 13.8 Å². The molecule has 0 bridgehead atoms. The fraction of sp³-hybridized carbons (Fsp3) is 0.150. The van der Waals surface area contributed by atoms with Gasteiger partial charge in [0.05, 0.1) is 0 Å². The third-order valence-corrected chi connectivity index (χ3v) is 4.24. The van der Waals surface area contributed by atoms with Crippen LogP contribution in [0.15, 0.2) is 48.8 Å². The van der Waals surface area contributed by atoms with Gasteiger partial charge in [0.25, 0.3) is 5.91 Å². The van der Waals surface area contributed by atoms with Crippen molar-refractivity contribution in [1.29, 1.82) is 0 Å². The lowest BCUT2D eigenvalue weighted by molar-refractivity contribution is 0.0469. The molecule has 2 aromatic heterocycles. The van der Waals surface area contributed by atoms with Crippen LogP contribution in [0.3, 0.4) is 0 Å². The number of nitrogens with two attached hydrogens (primary N) is 1. The second kappa shape index (κ2) is 8.34. The van der Waals surface area contributed by atoms with Crippen LogP contribution in [-0.4, -0.2) is 38.9 Å². The summed E-state index contributed by atoms with van der Waals surface area (Å²) in [5, 5.41) is 0. The van der Waals surface area contributed by atoms with E-state index in [0.717, 1.165) is 0 Å². The van der Waals surface area contributed by atoms with Crippen LogP contribution in [0.25, 0.3) is 0 Å². The average molecular weight is 393 g/mol. The lowest BCUT2D eigenvalue weighted by atomic mass is 10.1. The Kier molecular flexibility index (Phi) is 5.68. The number of aryl methyl sites for hydroxylation is 1. The number of aromatic nitrogens is 3. The average Bonchev–Trinajstić information content (AvgIpc) is 3.01. The molecule has 0 aliphatic rings. The minimum absolute atomic E-state index is 0.0771. The van der Waals surface area contributed by atoms with E-state index in [0.29, 0.717) is 22.5 Å². The summed E-state index contributed by atoms with van der Waals surface area (Å²) in [6.45, 7) is 2.95. The van der Waals surface area contributed by atoms with Crippen molar-refractivity contribution in [2.45, 2.75) is 13.8 Å². The van der Waals surface area contributed by atoms with E-state index >= 15 is 0 Å². The van der Waals surface area contributed by atoms with E-state index in [2.05, 4.69) is 15.4 Å². The molecular formula is C20H19N5O4. The summed E-state index contributed by atoms with van der Waals surface area (Å²) in [7, 11) is 0. The number of Topliss-reactive ketones (excluding diaryl/α,β-unsaturated/α-hetero) is 1. The van der Waals surface area contributed by atoms with Crippen LogP contribution < -0.4 is 11.2 Å². The van der Waals surface area contributed by atoms with Crippen molar-refractivity contribution in [3.63, 3.8) is 0 Å². The quantitative estimate of drug-likeness (QED) is 0.483. The summed E-state index contributed by atoms with van der Waals surface area (Å²) in [5.41, 5.74) is 10.2. The van der Waals surface area contributed by atoms with E-state index in [4.69, 9.17) is 10.5 Å². The van der Waals surface area contributed by atoms with Crippen molar-refractivity contribution >= 4 is 23.5 Å². The molecule has 29 heavy (non-hydrogen) atoms. The number of benzene rings is 1. The Labute approximate surface area is 166 Å². The van der Waals surface area contributed by atoms with Gasteiger partial charge in [-0.25, -0.2) is 14.8 Å². The molecule has 0 atom stereocenters. The summed E-state index contributed by atoms with van der Waals surface area (Å²) in [5.74, 6) is -1.65. The van der Waals surface area contributed by atoms with E-state index in [9.17, 15) is 14.4 Å². The number of nitrogen functional groups attached to an aromatic ring is 1. The number of ketones is 1. The molecule has 9 nitrogen and oxygen atoms in total. The number of anilines is 1. The van der Waals surface area contributed by atoms with Gasteiger partial charge in [-0.3, -0.25) is 19.7 Å². The second-order valence-corrected chi connectivity index (χ2v) is 6.22. The highest BCUT2D eigenvalue weighted by Gasteiger charge is 2.20. The first-order chi connectivity index (χ1) is 13.9. The SMILES string of the molecule is Cc1cc(C(=O)COC(=O)c2nccnc2N)c(C)n1NC(=O)c1ccccc1. The fourth-order valence-electron chi connectivity index (χ4n) is 2.76. The molecule has 0 aliphatic heterocycles. The number of nitrogens with one attached hydrogen (secondary N) is 1. The third kappa shape index (κ3) is 4.29. The number of esters is 1. The van der Waals surface area contributed by atoms with Gasteiger partial charge in [0.1, 0.15) is 0 Å². The summed E-state index contributed by atoms with van der Waals surface area (Å²) in [4.78, 5) is 44.5. The number of carbonyl (C=O) groups excluding carboxylic acids is 3. The standard InChI is InChI=1S/C20H19N5O4/c1-12-10-15(13(2)25(12)24-19(27)14-6-4-3-5-7-14)16(26)11-29-20(28)17-18(21)23-9-8-22-17/h3-10H,11H2,1-2H3,(H2,21,23)(H,24,27). The monoisotopic (exact) mass is 393 g/mol. The zero-order chi connectivity index (χ0) is 21.0. The molecule has 9 heteroatoms. The van der Waals surface area contributed by atoms with Crippen LogP contribution >= 0.6 is 0 Å². The Morgan fingerprint density at radius 3 is 2.48 bits per heavy atom. The first-order valence-corrected chi connectivity index (χ1v) is 8.70. The topological polar surface area (TPSA) is 129 Å². The number of amides is 1. The van der Waals surface area contributed by atoms with Gasteiger partial charge in [0, 0.05) is 34.9 Å². The molecule has 3 N–H and O–H groups in total. The highest BCUT2D eigenvalue weighted by molar-refractivity contribution is 6.02. The molecule has 2 heterocycles. The predicted octanol–water partition coefficient (Wildman–Crippen LogP) is 1.90. The Bertz CT molecular complexity index is 1080. The number of nitrogens with zero attached hydrogens (tertiary/aromatic N) is 3. The molecule has 0 saturated heterocycles. The van der Waals surface area contributed by atoms with Crippen LogP contribution in [0.4, 0.5) is 5.82 Å². The lowest BCUT2D eigenvalue weighted by Crippen LogP contribution is -2.25. The smallest absolute Gasteiger partial charge is 0.361 e.